The first-order chi connectivity index (χ1) is 8.87. The Morgan fingerprint density at radius 2 is 1.74 bits per heavy atom. The number of carbonyl (C=O) groups excluding carboxylic acids is 1. The molecule has 1 rings (SSSR count). The lowest BCUT2D eigenvalue weighted by atomic mass is 10.1. The molecule has 0 atom stereocenters. The van der Waals surface area contributed by atoms with Crippen molar-refractivity contribution in [2.45, 2.75) is 58.5 Å². The molecule has 0 unspecified atom stereocenters. The highest BCUT2D eigenvalue weighted by atomic mass is 79.9. The van der Waals surface area contributed by atoms with Gasteiger partial charge >= 0.3 is 5.97 Å². The fourth-order valence-electron chi connectivity index (χ4n) is 1.82. The van der Waals surface area contributed by atoms with E-state index in [2.05, 4.69) is 40.2 Å². The summed E-state index contributed by atoms with van der Waals surface area (Å²) >= 11 is 3.43. The number of halogens is 1. The fourth-order valence-corrected chi connectivity index (χ4v) is 2.08. The molecule has 1 aromatic carbocycles. The third kappa shape index (κ3) is 8.04. The summed E-state index contributed by atoms with van der Waals surface area (Å²) in [7, 11) is 0. The number of aryl methyl sites for hydroxylation is 1. The maximum absolute atomic E-state index is 11.5. The summed E-state index contributed by atoms with van der Waals surface area (Å²) in [6.07, 6.45) is 4.68. The van der Waals surface area contributed by atoms with Crippen LogP contribution < -0.4 is 0 Å². The van der Waals surface area contributed by atoms with Crippen LogP contribution in [0.25, 0.3) is 0 Å². The van der Waals surface area contributed by atoms with Crippen LogP contribution in [0.2, 0.25) is 0 Å². The van der Waals surface area contributed by atoms with Gasteiger partial charge < -0.3 is 4.74 Å². The van der Waals surface area contributed by atoms with E-state index in [1.165, 1.54) is 5.56 Å². The molecule has 0 fully saturated rings. The molecule has 0 aliphatic heterocycles. The number of rotatable bonds is 6. The van der Waals surface area contributed by atoms with Crippen molar-refractivity contribution >= 4 is 21.9 Å². The van der Waals surface area contributed by atoms with Crippen molar-refractivity contribution in [1.29, 1.82) is 0 Å². The third-order valence-corrected chi connectivity index (χ3v) is 3.21. The number of unbranched alkanes of at least 4 members (excludes halogenated alkanes) is 2. The van der Waals surface area contributed by atoms with Crippen molar-refractivity contribution in [2.24, 2.45) is 0 Å². The van der Waals surface area contributed by atoms with E-state index in [0.717, 1.165) is 30.2 Å². The smallest absolute Gasteiger partial charge is 0.306 e. The average molecular weight is 327 g/mol. The summed E-state index contributed by atoms with van der Waals surface area (Å²) in [4.78, 5) is 11.5. The fraction of sp³-hybridized carbons (Fsp3) is 0.562. The maximum Gasteiger partial charge on any atom is 0.306 e. The maximum atomic E-state index is 11.5. The molecular weight excluding hydrogens is 304 g/mol. The van der Waals surface area contributed by atoms with Gasteiger partial charge in [-0.3, -0.25) is 4.79 Å². The molecule has 0 saturated heterocycles. The minimum absolute atomic E-state index is 0.0869. The summed E-state index contributed by atoms with van der Waals surface area (Å²) in [5.74, 6) is -0.0869. The minimum atomic E-state index is -0.367. The van der Waals surface area contributed by atoms with Gasteiger partial charge in [0.2, 0.25) is 0 Å². The molecule has 0 spiro atoms. The van der Waals surface area contributed by atoms with Gasteiger partial charge in [0.1, 0.15) is 5.60 Å². The lowest BCUT2D eigenvalue weighted by Crippen LogP contribution is -2.23. The van der Waals surface area contributed by atoms with E-state index in [0.29, 0.717) is 6.42 Å². The van der Waals surface area contributed by atoms with E-state index in [9.17, 15) is 4.79 Å². The molecular formula is C16H23BrO2. The van der Waals surface area contributed by atoms with Crippen LogP contribution in [-0.4, -0.2) is 11.6 Å². The van der Waals surface area contributed by atoms with Gasteiger partial charge in [-0.1, -0.05) is 34.5 Å². The number of esters is 1. The standard InChI is InChI=1S/C16H23BrO2/c1-16(2,3)19-15(18)8-6-4-5-7-13-9-11-14(17)12-10-13/h9-12H,4-8H2,1-3H3. The molecule has 0 saturated carbocycles. The molecule has 0 amide bonds. The van der Waals surface area contributed by atoms with Crippen LogP contribution in [-0.2, 0) is 16.0 Å². The third-order valence-electron chi connectivity index (χ3n) is 2.68. The average Bonchev–Trinajstić information content (AvgIpc) is 2.29. The van der Waals surface area contributed by atoms with Crippen molar-refractivity contribution in [3.63, 3.8) is 0 Å². The van der Waals surface area contributed by atoms with Crippen LogP contribution in [0.1, 0.15) is 52.0 Å². The van der Waals surface area contributed by atoms with Gasteiger partial charge in [-0.25, -0.2) is 0 Å². The first kappa shape index (κ1) is 16.2. The highest BCUT2D eigenvalue weighted by Gasteiger charge is 2.15. The van der Waals surface area contributed by atoms with Crippen LogP contribution >= 0.6 is 15.9 Å². The minimum Gasteiger partial charge on any atom is -0.460 e. The van der Waals surface area contributed by atoms with Gasteiger partial charge in [0.15, 0.2) is 0 Å². The number of hydrogen-bond acceptors (Lipinski definition) is 2. The van der Waals surface area contributed by atoms with E-state index >= 15 is 0 Å². The van der Waals surface area contributed by atoms with Crippen molar-refractivity contribution in [2.75, 3.05) is 0 Å². The quantitative estimate of drug-likeness (QED) is 0.549. The Kier molecular flexibility index (Phi) is 6.56. The summed E-state index contributed by atoms with van der Waals surface area (Å²) in [5, 5.41) is 0. The first-order valence-corrected chi connectivity index (χ1v) is 7.62. The van der Waals surface area contributed by atoms with Crippen LogP contribution in [0, 0.1) is 0 Å². The van der Waals surface area contributed by atoms with Crippen LogP contribution in [0.15, 0.2) is 28.7 Å². The molecule has 1 aromatic rings. The molecule has 19 heavy (non-hydrogen) atoms. The molecule has 2 nitrogen and oxygen atoms in total. The first-order valence-electron chi connectivity index (χ1n) is 6.83. The van der Waals surface area contributed by atoms with E-state index in [1.54, 1.807) is 0 Å². The molecule has 0 aromatic heterocycles. The van der Waals surface area contributed by atoms with Crippen LogP contribution in [0.3, 0.4) is 0 Å². The van der Waals surface area contributed by atoms with Crippen LogP contribution in [0.5, 0.6) is 0 Å². The summed E-state index contributed by atoms with van der Waals surface area (Å²) in [6, 6.07) is 8.40. The van der Waals surface area contributed by atoms with Gasteiger partial charge in [0.05, 0.1) is 0 Å². The largest absolute Gasteiger partial charge is 0.460 e. The van der Waals surface area contributed by atoms with E-state index in [1.807, 2.05) is 20.8 Å². The van der Waals surface area contributed by atoms with Gasteiger partial charge in [-0.15, -0.1) is 0 Å². The zero-order chi connectivity index (χ0) is 14.3. The lowest BCUT2D eigenvalue weighted by molar-refractivity contribution is -0.154. The summed E-state index contributed by atoms with van der Waals surface area (Å²) in [6.45, 7) is 5.70. The Morgan fingerprint density at radius 1 is 1.11 bits per heavy atom. The molecule has 0 radical (unpaired) electrons. The molecule has 0 N–H and O–H groups in total. The predicted molar refractivity (Wildman–Crippen MR) is 82.2 cm³/mol. The number of hydrogen-bond donors (Lipinski definition) is 0. The highest BCUT2D eigenvalue weighted by molar-refractivity contribution is 9.10. The zero-order valence-electron chi connectivity index (χ0n) is 12.0. The second-order valence-electron chi connectivity index (χ2n) is 5.77. The molecule has 0 heterocycles. The van der Waals surface area contributed by atoms with Crippen molar-refractivity contribution in [3.8, 4) is 0 Å². The van der Waals surface area contributed by atoms with Gasteiger partial charge in [0.25, 0.3) is 0 Å². The van der Waals surface area contributed by atoms with Gasteiger partial charge in [0, 0.05) is 10.9 Å². The molecule has 0 aliphatic rings. The molecule has 0 bridgehead atoms. The number of ether oxygens (including phenoxy) is 1. The second-order valence-corrected chi connectivity index (χ2v) is 6.69. The van der Waals surface area contributed by atoms with E-state index in [-0.39, 0.29) is 11.6 Å². The summed E-state index contributed by atoms with van der Waals surface area (Å²) in [5.41, 5.74) is 0.981. The molecule has 106 valence electrons. The normalized spacial score (nSPS) is 11.4. The molecule has 0 aliphatic carbocycles. The Morgan fingerprint density at radius 3 is 2.32 bits per heavy atom. The van der Waals surface area contributed by atoms with E-state index < -0.39 is 0 Å². The lowest BCUT2D eigenvalue weighted by Gasteiger charge is -2.19. The topological polar surface area (TPSA) is 26.3 Å². The van der Waals surface area contributed by atoms with Gasteiger partial charge in [-0.2, -0.15) is 0 Å². The Balaban J connectivity index is 2.11. The number of carbonyl (C=O) groups is 1. The Labute approximate surface area is 124 Å². The predicted octanol–water partition coefficient (Wildman–Crippen LogP) is 4.89. The van der Waals surface area contributed by atoms with Crippen molar-refractivity contribution in [1.82, 2.24) is 0 Å². The zero-order valence-corrected chi connectivity index (χ0v) is 13.6. The molecule has 3 heteroatoms. The monoisotopic (exact) mass is 326 g/mol. The Hall–Kier alpha value is -0.830. The Bertz CT molecular complexity index is 390. The van der Waals surface area contributed by atoms with Crippen molar-refractivity contribution in [3.05, 3.63) is 34.3 Å². The summed E-state index contributed by atoms with van der Waals surface area (Å²) < 4.78 is 6.38. The second kappa shape index (κ2) is 7.68. The van der Waals surface area contributed by atoms with Gasteiger partial charge in [-0.05, 0) is 57.7 Å². The SMILES string of the molecule is CC(C)(C)OC(=O)CCCCCc1ccc(Br)cc1. The number of benzene rings is 1. The van der Waals surface area contributed by atoms with Crippen molar-refractivity contribution < 1.29 is 9.53 Å². The van der Waals surface area contributed by atoms with Crippen LogP contribution in [0.4, 0.5) is 0 Å². The van der Waals surface area contributed by atoms with E-state index in [4.69, 9.17) is 4.74 Å². The highest BCUT2D eigenvalue weighted by Crippen LogP contribution is 2.14.